The van der Waals surface area contributed by atoms with E-state index in [0.29, 0.717) is 24.8 Å². The van der Waals surface area contributed by atoms with Crippen LogP contribution >= 0.6 is 0 Å². The first-order chi connectivity index (χ1) is 16.5. The standard InChI is InChI=1S/C26H31NO8/c1-6-25(4,34-15(3)29)17-10-18-23(30)22-20(35-26(18,5)21(11-17)32-14(2)28)12-19(33-24(22)31)16-8-7-9-27-13-16/h7-9,12-13,17-18,21,23,30H,6,10-11H2,1-5H3/t17-,18-,21-,23+,25-,26-/m1/s1. The molecule has 2 aromatic rings. The fraction of sp³-hybridized carbons (Fsp3) is 0.538. The number of pyridine rings is 1. The van der Waals surface area contributed by atoms with E-state index in [1.165, 1.54) is 13.8 Å². The van der Waals surface area contributed by atoms with Crippen molar-refractivity contribution in [3.63, 3.8) is 0 Å². The highest BCUT2D eigenvalue weighted by molar-refractivity contribution is 5.67. The molecule has 9 nitrogen and oxygen atoms in total. The summed E-state index contributed by atoms with van der Waals surface area (Å²) in [6.07, 6.45) is 2.46. The van der Waals surface area contributed by atoms with Gasteiger partial charge in [0.2, 0.25) is 0 Å². The summed E-state index contributed by atoms with van der Waals surface area (Å²) in [6, 6.07) is 5.02. The average Bonchev–Trinajstić information content (AvgIpc) is 2.79. The van der Waals surface area contributed by atoms with Crippen LogP contribution in [0.25, 0.3) is 11.3 Å². The molecule has 1 saturated carbocycles. The van der Waals surface area contributed by atoms with Crippen LogP contribution in [0.5, 0.6) is 5.75 Å². The average molecular weight is 486 g/mol. The minimum Gasteiger partial charge on any atom is -0.482 e. The number of hydrogen-bond acceptors (Lipinski definition) is 9. The molecule has 2 aliphatic rings. The Bertz CT molecular complexity index is 1180. The molecule has 1 fully saturated rings. The van der Waals surface area contributed by atoms with Gasteiger partial charge in [-0.3, -0.25) is 14.6 Å². The van der Waals surface area contributed by atoms with Crippen LogP contribution in [0.2, 0.25) is 0 Å². The second-order valence-corrected chi connectivity index (χ2v) is 9.78. The maximum atomic E-state index is 13.0. The van der Waals surface area contributed by atoms with Crippen molar-refractivity contribution < 1.29 is 33.3 Å². The maximum Gasteiger partial charge on any atom is 0.345 e. The van der Waals surface area contributed by atoms with Gasteiger partial charge in [-0.05, 0) is 45.2 Å². The molecule has 2 aromatic heterocycles. The number of aliphatic hydroxyl groups is 1. The molecule has 1 N–H and O–H groups in total. The van der Waals surface area contributed by atoms with Crippen LogP contribution in [0.15, 0.2) is 39.8 Å². The summed E-state index contributed by atoms with van der Waals surface area (Å²) >= 11 is 0. The van der Waals surface area contributed by atoms with Crippen LogP contribution in [0.4, 0.5) is 0 Å². The molecular formula is C26H31NO8. The summed E-state index contributed by atoms with van der Waals surface area (Å²) < 4.78 is 23.3. The monoisotopic (exact) mass is 485 g/mol. The van der Waals surface area contributed by atoms with Crippen molar-refractivity contribution in [2.75, 3.05) is 0 Å². The largest absolute Gasteiger partial charge is 0.482 e. The zero-order valence-electron chi connectivity index (χ0n) is 20.6. The number of carbonyl (C=O) groups is 2. The molecule has 1 aliphatic carbocycles. The number of aromatic nitrogens is 1. The van der Waals surface area contributed by atoms with Crippen molar-refractivity contribution in [2.45, 2.75) is 77.3 Å². The summed E-state index contributed by atoms with van der Waals surface area (Å²) in [4.78, 5) is 41.0. The lowest BCUT2D eigenvalue weighted by atomic mass is 9.61. The number of nitrogens with zero attached hydrogens (tertiary/aromatic N) is 1. The van der Waals surface area contributed by atoms with Gasteiger partial charge in [-0.15, -0.1) is 0 Å². The van der Waals surface area contributed by atoms with E-state index in [2.05, 4.69) is 4.98 Å². The zero-order valence-corrected chi connectivity index (χ0v) is 20.6. The molecule has 0 unspecified atom stereocenters. The Morgan fingerprint density at radius 2 is 2.03 bits per heavy atom. The first kappa shape index (κ1) is 24.9. The Kier molecular flexibility index (Phi) is 6.48. The Labute approximate surface area is 203 Å². The number of rotatable bonds is 5. The van der Waals surface area contributed by atoms with E-state index in [4.69, 9.17) is 18.6 Å². The summed E-state index contributed by atoms with van der Waals surface area (Å²) in [6.45, 7) is 8.20. The second-order valence-electron chi connectivity index (χ2n) is 9.78. The first-order valence-electron chi connectivity index (χ1n) is 11.8. The maximum absolute atomic E-state index is 13.0. The lowest BCUT2D eigenvalue weighted by Crippen LogP contribution is -2.62. The molecule has 0 spiro atoms. The van der Waals surface area contributed by atoms with E-state index in [0.717, 1.165) is 0 Å². The van der Waals surface area contributed by atoms with E-state index in [-0.39, 0.29) is 23.0 Å². The quantitative estimate of drug-likeness (QED) is 0.633. The molecule has 0 aromatic carbocycles. The number of ether oxygens (including phenoxy) is 3. The molecule has 3 heterocycles. The number of fused-ring (bicyclic) bond motifs is 2. The predicted molar refractivity (Wildman–Crippen MR) is 124 cm³/mol. The summed E-state index contributed by atoms with van der Waals surface area (Å²) in [5, 5.41) is 11.5. The molecule has 1 aliphatic heterocycles. The lowest BCUT2D eigenvalue weighted by molar-refractivity contribution is -0.209. The van der Waals surface area contributed by atoms with Crippen molar-refractivity contribution in [1.29, 1.82) is 0 Å². The SMILES string of the molecule is CC[C@@](C)(OC(C)=O)[C@@H]1C[C@@H]2[C@H](O)c3c(cc(-c4cccnc4)oc3=O)O[C@@]2(C)[C@H](OC(C)=O)C1. The predicted octanol–water partition coefficient (Wildman–Crippen LogP) is 3.58. The second kappa shape index (κ2) is 9.11. The minimum atomic E-state index is -1.23. The molecule has 9 heteroatoms. The Balaban J connectivity index is 1.79. The molecule has 188 valence electrons. The molecule has 0 radical (unpaired) electrons. The van der Waals surface area contributed by atoms with Gasteiger partial charge in [0.05, 0.1) is 6.10 Å². The first-order valence-corrected chi connectivity index (χ1v) is 11.8. The third-order valence-electron chi connectivity index (χ3n) is 7.57. The van der Waals surface area contributed by atoms with Crippen molar-refractivity contribution in [1.82, 2.24) is 4.98 Å². The van der Waals surface area contributed by atoms with E-state index >= 15 is 0 Å². The number of hydrogen-bond donors (Lipinski definition) is 1. The van der Waals surface area contributed by atoms with E-state index in [9.17, 15) is 19.5 Å². The van der Waals surface area contributed by atoms with Crippen LogP contribution in [-0.2, 0) is 19.1 Å². The highest BCUT2D eigenvalue weighted by Crippen LogP contribution is 2.54. The number of aliphatic hydroxyl groups excluding tert-OH is 1. The van der Waals surface area contributed by atoms with Crippen LogP contribution in [0.3, 0.4) is 0 Å². The van der Waals surface area contributed by atoms with Crippen LogP contribution in [0, 0.1) is 11.8 Å². The molecule has 0 amide bonds. The van der Waals surface area contributed by atoms with Gasteiger partial charge >= 0.3 is 17.6 Å². The fourth-order valence-corrected chi connectivity index (χ4v) is 5.51. The third kappa shape index (κ3) is 4.45. The summed E-state index contributed by atoms with van der Waals surface area (Å²) in [7, 11) is 0. The van der Waals surface area contributed by atoms with Gasteiger partial charge in [0.1, 0.15) is 34.4 Å². The number of esters is 2. The molecule has 35 heavy (non-hydrogen) atoms. The summed E-state index contributed by atoms with van der Waals surface area (Å²) in [5.74, 6) is -1.34. The highest BCUT2D eigenvalue weighted by Gasteiger charge is 2.60. The van der Waals surface area contributed by atoms with Crippen molar-refractivity contribution >= 4 is 11.9 Å². The zero-order chi connectivity index (χ0) is 25.5. The topological polar surface area (TPSA) is 125 Å². The summed E-state index contributed by atoms with van der Waals surface area (Å²) in [5.41, 5.74) is -2.08. The number of carbonyl (C=O) groups excluding carboxylic acids is 2. The molecule has 4 rings (SSSR count). The van der Waals surface area contributed by atoms with E-state index < -0.39 is 46.9 Å². The van der Waals surface area contributed by atoms with Crippen LogP contribution < -0.4 is 10.4 Å². The van der Waals surface area contributed by atoms with Crippen molar-refractivity contribution in [3.05, 3.63) is 46.6 Å². The van der Waals surface area contributed by atoms with E-state index in [1.54, 1.807) is 37.5 Å². The minimum absolute atomic E-state index is 0.0213. The van der Waals surface area contributed by atoms with Gasteiger partial charge in [-0.2, -0.15) is 0 Å². The fourth-order valence-electron chi connectivity index (χ4n) is 5.51. The third-order valence-corrected chi connectivity index (χ3v) is 7.57. The van der Waals surface area contributed by atoms with Gasteiger partial charge in [0, 0.05) is 49.7 Å². The van der Waals surface area contributed by atoms with E-state index in [1.807, 2.05) is 13.8 Å². The van der Waals surface area contributed by atoms with Gasteiger partial charge in [-0.1, -0.05) is 6.92 Å². The smallest absolute Gasteiger partial charge is 0.345 e. The van der Waals surface area contributed by atoms with Gasteiger partial charge in [-0.25, -0.2) is 4.79 Å². The van der Waals surface area contributed by atoms with Gasteiger partial charge < -0.3 is 23.7 Å². The lowest BCUT2D eigenvalue weighted by Gasteiger charge is -2.54. The van der Waals surface area contributed by atoms with Crippen molar-refractivity contribution in [3.8, 4) is 17.1 Å². The Hall–Kier alpha value is -3.20. The molecule has 0 saturated heterocycles. The molecule has 0 bridgehead atoms. The Morgan fingerprint density at radius 1 is 1.29 bits per heavy atom. The van der Waals surface area contributed by atoms with Crippen LogP contribution in [0.1, 0.15) is 65.5 Å². The normalized spacial score (nSPS) is 29.1. The van der Waals surface area contributed by atoms with Crippen LogP contribution in [-0.4, -0.2) is 39.3 Å². The van der Waals surface area contributed by atoms with Crippen molar-refractivity contribution in [2.24, 2.45) is 11.8 Å². The molecule has 6 atom stereocenters. The Morgan fingerprint density at radius 3 is 2.63 bits per heavy atom. The highest BCUT2D eigenvalue weighted by atomic mass is 16.6. The van der Waals surface area contributed by atoms with Gasteiger partial charge in [0.25, 0.3) is 0 Å². The molecular weight excluding hydrogens is 454 g/mol. The van der Waals surface area contributed by atoms with Gasteiger partial charge in [0.15, 0.2) is 0 Å².